The lowest BCUT2D eigenvalue weighted by Crippen LogP contribution is -1.95. The van der Waals surface area contributed by atoms with Crippen LogP contribution in [0.15, 0.2) is 40.9 Å². The van der Waals surface area contributed by atoms with Gasteiger partial charge in [0.05, 0.1) is 16.9 Å². The number of nitriles is 1. The lowest BCUT2D eigenvalue weighted by atomic mass is 10.1. The van der Waals surface area contributed by atoms with Crippen molar-refractivity contribution in [3.63, 3.8) is 0 Å². The van der Waals surface area contributed by atoms with E-state index in [0.717, 1.165) is 15.8 Å². The van der Waals surface area contributed by atoms with Crippen molar-refractivity contribution >= 4 is 33.0 Å². The molecule has 0 saturated heterocycles. The summed E-state index contributed by atoms with van der Waals surface area (Å²) in [5.41, 5.74) is 9.75. The summed E-state index contributed by atoms with van der Waals surface area (Å²) in [6, 6.07) is 13.4. The molecule has 0 aliphatic heterocycles. The van der Waals surface area contributed by atoms with Crippen LogP contribution in [-0.2, 0) is 0 Å². The topological polar surface area (TPSA) is 61.8 Å². The third-order valence-electron chi connectivity index (χ3n) is 2.57. The van der Waals surface area contributed by atoms with E-state index in [9.17, 15) is 0 Å². The molecule has 0 atom stereocenters. The Bertz CT molecular complexity index is 629. The van der Waals surface area contributed by atoms with Crippen molar-refractivity contribution in [2.45, 2.75) is 6.92 Å². The Balaban J connectivity index is 2.32. The molecule has 0 amide bonds. The number of halogens is 1. The molecule has 2 aromatic carbocycles. The van der Waals surface area contributed by atoms with Gasteiger partial charge in [0.15, 0.2) is 0 Å². The van der Waals surface area contributed by atoms with Gasteiger partial charge in [0, 0.05) is 10.2 Å². The first-order valence-corrected chi connectivity index (χ1v) is 6.22. The molecule has 0 radical (unpaired) electrons. The van der Waals surface area contributed by atoms with E-state index in [2.05, 4.69) is 21.2 Å². The molecule has 4 heteroatoms. The summed E-state index contributed by atoms with van der Waals surface area (Å²) in [4.78, 5) is 0. The normalized spacial score (nSPS) is 9.83. The van der Waals surface area contributed by atoms with E-state index in [4.69, 9.17) is 11.0 Å². The number of benzene rings is 2. The predicted octanol–water partition coefficient (Wildman–Crippen LogP) is 3.96. The van der Waals surface area contributed by atoms with Gasteiger partial charge in [-0.2, -0.15) is 5.26 Å². The van der Waals surface area contributed by atoms with Crippen LogP contribution in [-0.4, -0.2) is 0 Å². The second kappa shape index (κ2) is 5.11. The molecule has 0 aliphatic carbocycles. The maximum atomic E-state index is 8.82. The standard InChI is InChI=1S/C14H12BrN3/c1-9-2-5-12(15)14(6-9)18-11-4-3-10(8-16)13(17)7-11/h2-7,18H,17H2,1H3. The first-order chi connectivity index (χ1) is 8.60. The first kappa shape index (κ1) is 12.5. The Kier molecular flexibility index (Phi) is 3.54. The summed E-state index contributed by atoms with van der Waals surface area (Å²) in [5.74, 6) is 0. The van der Waals surface area contributed by atoms with Crippen LogP contribution in [0, 0.1) is 18.3 Å². The molecule has 0 heterocycles. The summed E-state index contributed by atoms with van der Waals surface area (Å²) in [6.07, 6.45) is 0. The van der Waals surface area contributed by atoms with Crippen LogP contribution < -0.4 is 11.1 Å². The SMILES string of the molecule is Cc1ccc(Br)c(Nc2ccc(C#N)c(N)c2)c1. The van der Waals surface area contributed by atoms with Gasteiger partial charge >= 0.3 is 0 Å². The van der Waals surface area contributed by atoms with Crippen LogP contribution in [0.25, 0.3) is 0 Å². The van der Waals surface area contributed by atoms with Gasteiger partial charge in [-0.3, -0.25) is 0 Å². The minimum atomic E-state index is 0.478. The van der Waals surface area contributed by atoms with Crippen molar-refractivity contribution in [2.24, 2.45) is 0 Å². The molecule has 18 heavy (non-hydrogen) atoms. The monoisotopic (exact) mass is 301 g/mol. The lowest BCUT2D eigenvalue weighted by Gasteiger charge is -2.10. The molecule has 0 bridgehead atoms. The van der Waals surface area contributed by atoms with E-state index < -0.39 is 0 Å². The van der Waals surface area contributed by atoms with Crippen LogP contribution in [0.5, 0.6) is 0 Å². The van der Waals surface area contributed by atoms with Crippen LogP contribution in [0.4, 0.5) is 17.1 Å². The van der Waals surface area contributed by atoms with E-state index in [1.807, 2.05) is 37.3 Å². The van der Waals surface area contributed by atoms with E-state index in [0.29, 0.717) is 11.3 Å². The summed E-state index contributed by atoms with van der Waals surface area (Å²) < 4.78 is 0.982. The number of nitrogens with zero attached hydrogens (tertiary/aromatic N) is 1. The Labute approximate surface area is 114 Å². The van der Waals surface area contributed by atoms with Gasteiger partial charge < -0.3 is 11.1 Å². The number of nitrogen functional groups attached to an aromatic ring is 1. The highest BCUT2D eigenvalue weighted by Gasteiger charge is 2.03. The molecule has 0 unspecified atom stereocenters. The Morgan fingerprint density at radius 3 is 2.67 bits per heavy atom. The number of nitrogens with one attached hydrogen (secondary N) is 1. The lowest BCUT2D eigenvalue weighted by molar-refractivity contribution is 1.43. The van der Waals surface area contributed by atoms with E-state index in [1.54, 1.807) is 12.1 Å². The highest BCUT2D eigenvalue weighted by atomic mass is 79.9. The van der Waals surface area contributed by atoms with Crippen molar-refractivity contribution < 1.29 is 0 Å². The fraction of sp³-hybridized carbons (Fsp3) is 0.0714. The van der Waals surface area contributed by atoms with Gasteiger partial charge in [0.2, 0.25) is 0 Å². The average molecular weight is 302 g/mol. The molecule has 0 fully saturated rings. The zero-order chi connectivity index (χ0) is 13.1. The van der Waals surface area contributed by atoms with Gasteiger partial charge in [-0.1, -0.05) is 6.07 Å². The van der Waals surface area contributed by atoms with Crippen molar-refractivity contribution in [1.29, 1.82) is 5.26 Å². The molecule has 0 aromatic heterocycles. The third kappa shape index (κ3) is 2.63. The number of nitrogens with two attached hydrogens (primary N) is 1. The predicted molar refractivity (Wildman–Crippen MR) is 77.7 cm³/mol. The van der Waals surface area contributed by atoms with E-state index in [1.165, 1.54) is 5.56 Å². The highest BCUT2D eigenvalue weighted by Crippen LogP contribution is 2.28. The summed E-state index contributed by atoms with van der Waals surface area (Å²) in [6.45, 7) is 2.03. The molecule has 0 aliphatic rings. The number of hydrogen-bond donors (Lipinski definition) is 2. The second-order valence-electron chi connectivity index (χ2n) is 4.02. The van der Waals surface area contributed by atoms with Gasteiger partial charge in [-0.25, -0.2) is 0 Å². The number of anilines is 3. The zero-order valence-electron chi connectivity index (χ0n) is 9.87. The molecular formula is C14H12BrN3. The summed E-state index contributed by atoms with van der Waals surface area (Å²) >= 11 is 3.49. The van der Waals surface area contributed by atoms with Gasteiger partial charge in [0.25, 0.3) is 0 Å². The maximum Gasteiger partial charge on any atom is 0.101 e. The first-order valence-electron chi connectivity index (χ1n) is 5.43. The van der Waals surface area contributed by atoms with Gasteiger partial charge in [-0.15, -0.1) is 0 Å². The van der Waals surface area contributed by atoms with Crippen molar-refractivity contribution in [3.05, 3.63) is 52.0 Å². The van der Waals surface area contributed by atoms with Crippen molar-refractivity contribution in [2.75, 3.05) is 11.1 Å². The molecule has 3 N–H and O–H groups in total. The number of aryl methyl sites for hydroxylation is 1. The Morgan fingerprint density at radius 2 is 2.00 bits per heavy atom. The molecular weight excluding hydrogens is 290 g/mol. The number of rotatable bonds is 2. The minimum absolute atomic E-state index is 0.478. The molecule has 2 rings (SSSR count). The van der Waals surface area contributed by atoms with Crippen molar-refractivity contribution in [3.8, 4) is 6.07 Å². The minimum Gasteiger partial charge on any atom is -0.398 e. The smallest absolute Gasteiger partial charge is 0.101 e. The fourth-order valence-electron chi connectivity index (χ4n) is 1.63. The van der Waals surface area contributed by atoms with Gasteiger partial charge in [0.1, 0.15) is 6.07 Å². The fourth-order valence-corrected chi connectivity index (χ4v) is 1.98. The van der Waals surface area contributed by atoms with Crippen LogP contribution in [0.2, 0.25) is 0 Å². The summed E-state index contributed by atoms with van der Waals surface area (Å²) in [7, 11) is 0. The molecule has 90 valence electrons. The van der Waals surface area contributed by atoms with E-state index in [-0.39, 0.29) is 0 Å². The largest absolute Gasteiger partial charge is 0.398 e. The van der Waals surface area contributed by atoms with E-state index >= 15 is 0 Å². The maximum absolute atomic E-state index is 8.82. The van der Waals surface area contributed by atoms with Gasteiger partial charge in [-0.05, 0) is 58.7 Å². The molecule has 0 spiro atoms. The van der Waals surface area contributed by atoms with Crippen LogP contribution in [0.3, 0.4) is 0 Å². The van der Waals surface area contributed by atoms with Crippen LogP contribution in [0.1, 0.15) is 11.1 Å². The quantitative estimate of drug-likeness (QED) is 0.826. The Morgan fingerprint density at radius 1 is 1.22 bits per heavy atom. The molecule has 3 nitrogen and oxygen atoms in total. The zero-order valence-corrected chi connectivity index (χ0v) is 11.5. The molecule has 0 saturated carbocycles. The summed E-state index contributed by atoms with van der Waals surface area (Å²) in [5, 5.41) is 12.1. The Hall–Kier alpha value is -1.99. The van der Waals surface area contributed by atoms with Crippen LogP contribution >= 0.6 is 15.9 Å². The highest BCUT2D eigenvalue weighted by molar-refractivity contribution is 9.10. The third-order valence-corrected chi connectivity index (χ3v) is 3.26. The second-order valence-corrected chi connectivity index (χ2v) is 4.88. The van der Waals surface area contributed by atoms with Crippen molar-refractivity contribution in [1.82, 2.24) is 0 Å². The number of hydrogen-bond acceptors (Lipinski definition) is 3. The average Bonchev–Trinajstić information content (AvgIpc) is 2.34. The molecule has 2 aromatic rings.